The number of benzene rings is 1. The van der Waals surface area contributed by atoms with Crippen LogP contribution in [0, 0.1) is 0 Å². The molecule has 1 aromatic carbocycles. The highest BCUT2D eigenvalue weighted by atomic mass is 15.1. The number of imidazole rings is 1. The van der Waals surface area contributed by atoms with Crippen molar-refractivity contribution in [1.82, 2.24) is 9.55 Å². The normalized spacial score (nSPS) is 12.1. The molecule has 1 heterocycles. The van der Waals surface area contributed by atoms with Crippen molar-refractivity contribution >= 4 is 0 Å². The monoisotopic (exact) mass is 243 g/mol. The van der Waals surface area contributed by atoms with Gasteiger partial charge in [-0.3, -0.25) is 0 Å². The lowest BCUT2D eigenvalue weighted by Gasteiger charge is -2.21. The zero-order valence-electron chi connectivity index (χ0n) is 11.5. The van der Waals surface area contributed by atoms with E-state index in [9.17, 15) is 0 Å². The van der Waals surface area contributed by atoms with E-state index < -0.39 is 5.54 Å². The van der Waals surface area contributed by atoms with Gasteiger partial charge in [0.05, 0.1) is 23.8 Å². The number of hydrogen-bond donors (Lipinski definition) is 1. The lowest BCUT2D eigenvalue weighted by Crippen LogP contribution is -2.31. The number of rotatable bonds is 3. The Bertz CT molecular complexity index is 533. The molecule has 96 valence electrons. The van der Waals surface area contributed by atoms with Gasteiger partial charge in [0.2, 0.25) is 0 Å². The predicted molar refractivity (Wildman–Crippen MR) is 74.9 cm³/mol. The molecule has 2 aromatic rings. The molecule has 0 aliphatic heterocycles. The van der Waals surface area contributed by atoms with Gasteiger partial charge in [-0.1, -0.05) is 26.0 Å². The maximum atomic E-state index is 6.18. The molecule has 2 rings (SSSR count). The van der Waals surface area contributed by atoms with Gasteiger partial charge in [-0.25, -0.2) is 4.98 Å². The Balaban J connectivity index is 2.50. The Hall–Kier alpha value is -1.61. The van der Waals surface area contributed by atoms with Crippen LogP contribution in [0.15, 0.2) is 36.8 Å². The van der Waals surface area contributed by atoms with Crippen LogP contribution < -0.4 is 5.73 Å². The fraction of sp³-hybridized carbons (Fsp3) is 0.400. The third-order valence-electron chi connectivity index (χ3n) is 3.11. The summed E-state index contributed by atoms with van der Waals surface area (Å²) in [4.78, 5) is 4.22. The molecule has 0 bridgehead atoms. The molecule has 0 amide bonds. The first-order chi connectivity index (χ1) is 8.39. The summed E-state index contributed by atoms with van der Waals surface area (Å²) in [5.74, 6) is 0.516. The standard InChI is InChI=1S/C15H21N3/c1-11(2)12-6-5-7-13(8-12)18-10-17-9-14(18)15(3,4)16/h5-11H,16H2,1-4H3. The molecule has 0 aliphatic rings. The first-order valence-corrected chi connectivity index (χ1v) is 6.31. The third-order valence-corrected chi connectivity index (χ3v) is 3.11. The Morgan fingerprint density at radius 3 is 2.61 bits per heavy atom. The van der Waals surface area contributed by atoms with Crippen molar-refractivity contribution in [3.8, 4) is 5.69 Å². The second-order valence-corrected chi connectivity index (χ2v) is 5.62. The molecular weight excluding hydrogens is 222 g/mol. The minimum absolute atomic E-state index is 0.398. The fourth-order valence-electron chi connectivity index (χ4n) is 2.01. The molecule has 0 atom stereocenters. The van der Waals surface area contributed by atoms with E-state index in [-0.39, 0.29) is 0 Å². The Kier molecular flexibility index (Phi) is 3.26. The molecule has 0 spiro atoms. The second-order valence-electron chi connectivity index (χ2n) is 5.62. The Morgan fingerprint density at radius 1 is 1.28 bits per heavy atom. The molecule has 0 aliphatic carbocycles. The summed E-state index contributed by atoms with van der Waals surface area (Å²) < 4.78 is 2.06. The topological polar surface area (TPSA) is 43.8 Å². The van der Waals surface area contributed by atoms with E-state index in [1.54, 1.807) is 0 Å². The molecule has 0 radical (unpaired) electrons. The molecule has 3 nitrogen and oxygen atoms in total. The molecule has 3 heteroatoms. The Morgan fingerprint density at radius 2 is 2.00 bits per heavy atom. The average Bonchev–Trinajstić information content (AvgIpc) is 2.77. The average molecular weight is 243 g/mol. The Labute approximate surface area is 109 Å². The summed E-state index contributed by atoms with van der Waals surface area (Å²) in [6, 6.07) is 8.51. The first-order valence-electron chi connectivity index (χ1n) is 6.31. The quantitative estimate of drug-likeness (QED) is 0.899. The zero-order valence-corrected chi connectivity index (χ0v) is 11.5. The van der Waals surface area contributed by atoms with Crippen LogP contribution in [0.3, 0.4) is 0 Å². The summed E-state index contributed by atoms with van der Waals surface area (Å²) in [5, 5.41) is 0. The fourth-order valence-corrected chi connectivity index (χ4v) is 2.01. The minimum Gasteiger partial charge on any atom is -0.321 e. The second kappa shape index (κ2) is 4.58. The zero-order chi connectivity index (χ0) is 13.3. The predicted octanol–water partition coefficient (Wildman–Crippen LogP) is 3.19. The van der Waals surface area contributed by atoms with Crippen LogP contribution in [0.1, 0.15) is 44.9 Å². The van der Waals surface area contributed by atoms with E-state index in [1.807, 2.05) is 26.4 Å². The van der Waals surface area contributed by atoms with Crippen molar-refractivity contribution < 1.29 is 0 Å². The molecule has 2 N–H and O–H groups in total. The van der Waals surface area contributed by atoms with E-state index in [4.69, 9.17) is 5.73 Å². The molecule has 0 fully saturated rings. The van der Waals surface area contributed by atoms with Gasteiger partial charge in [0.15, 0.2) is 0 Å². The van der Waals surface area contributed by atoms with Gasteiger partial charge in [0.1, 0.15) is 0 Å². The van der Waals surface area contributed by atoms with Crippen LogP contribution in [0.25, 0.3) is 5.69 Å². The van der Waals surface area contributed by atoms with Gasteiger partial charge in [0, 0.05) is 5.69 Å². The maximum absolute atomic E-state index is 6.18. The van der Waals surface area contributed by atoms with Crippen LogP contribution >= 0.6 is 0 Å². The summed E-state index contributed by atoms with van der Waals surface area (Å²) in [5.41, 5.74) is 9.23. The number of nitrogens with two attached hydrogens (primary N) is 1. The van der Waals surface area contributed by atoms with E-state index in [1.165, 1.54) is 5.56 Å². The third kappa shape index (κ3) is 2.46. The molecule has 0 saturated carbocycles. The molecular formula is C15H21N3. The molecule has 18 heavy (non-hydrogen) atoms. The molecule has 0 unspecified atom stereocenters. The van der Waals surface area contributed by atoms with Crippen LogP contribution in [-0.2, 0) is 5.54 Å². The van der Waals surface area contributed by atoms with Crippen molar-refractivity contribution in [3.05, 3.63) is 48.0 Å². The van der Waals surface area contributed by atoms with Gasteiger partial charge >= 0.3 is 0 Å². The smallest absolute Gasteiger partial charge is 0.0994 e. The van der Waals surface area contributed by atoms with E-state index in [2.05, 4.69) is 47.7 Å². The minimum atomic E-state index is -0.398. The van der Waals surface area contributed by atoms with Crippen LogP contribution in [0.2, 0.25) is 0 Å². The van der Waals surface area contributed by atoms with Gasteiger partial charge in [0.25, 0.3) is 0 Å². The highest BCUT2D eigenvalue weighted by molar-refractivity contribution is 5.39. The van der Waals surface area contributed by atoms with Gasteiger partial charge < -0.3 is 10.3 Å². The van der Waals surface area contributed by atoms with Crippen molar-refractivity contribution in [2.45, 2.75) is 39.2 Å². The van der Waals surface area contributed by atoms with Gasteiger partial charge in [-0.15, -0.1) is 0 Å². The van der Waals surface area contributed by atoms with E-state index >= 15 is 0 Å². The van der Waals surface area contributed by atoms with E-state index in [0.717, 1.165) is 11.4 Å². The van der Waals surface area contributed by atoms with Crippen molar-refractivity contribution in [1.29, 1.82) is 0 Å². The summed E-state index contributed by atoms with van der Waals surface area (Å²) in [7, 11) is 0. The molecule has 0 saturated heterocycles. The van der Waals surface area contributed by atoms with Gasteiger partial charge in [-0.2, -0.15) is 0 Å². The van der Waals surface area contributed by atoms with Crippen molar-refractivity contribution in [2.24, 2.45) is 5.73 Å². The lowest BCUT2D eigenvalue weighted by molar-refractivity contribution is 0.524. The number of aromatic nitrogens is 2. The van der Waals surface area contributed by atoms with Crippen LogP contribution in [0.4, 0.5) is 0 Å². The maximum Gasteiger partial charge on any atom is 0.0994 e. The number of nitrogens with zero attached hydrogens (tertiary/aromatic N) is 2. The highest BCUT2D eigenvalue weighted by Crippen LogP contribution is 2.23. The first kappa shape index (κ1) is 12.8. The number of hydrogen-bond acceptors (Lipinski definition) is 2. The summed E-state index contributed by atoms with van der Waals surface area (Å²) in [6.45, 7) is 8.38. The summed E-state index contributed by atoms with van der Waals surface area (Å²) in [6.07, 6.45) is 3.66. The van der Waals surface area contributed by atoms with Crippen LogP contribution in [0.5, 0.6) is 0 Å². The van der Waals surface area contributed by atoms with Crippen molar-refractivity contribution in [3.63, 3.8) is 0 Å². The van der Waals surface area contributed by atoms with E-state index in [0.29, 0.717) is 5.92 Å². The largest absolute Gasteiger partial charge is 0.321 e. The highest BCUT2D eigenvalue weighted by Gasteiger charge is 2.19. The molecule has 1 aromatic heterocycles. The SMILES string of the molecule is CC(C)c1cccc(-n2cncc2C(C)(C)N)c1. The summed E-state index contributed by atoms with van der Waals surface area (Å²) >= 11 is 0. The van der Waals surface area contributed by atoms with Crippen LogP contribution in [-0.4, -0.2) is 9.55 Å². The van der Waals surface area contributed by atoms with Gasteiger partial charge in [-0.05, 0) is 37.5 Å². The lowest BCUT2D eigenvalue weighted by atomic mass is 10.0. The van der Waals surface area contributed by atoms with Crippen molar-refractivity contribution in [2.75, 3.05) is 0 Å².